The largest absolute Gasteiger partial charge is 0.464 e. The average Bonchev–Trinajstić information content (AvgIpc) is 2.41. The molecule has 48 valence electrons. The highest BCUT2D eigenvalue weighted by Gasteiger charge is 1.83. The molecule has 1 heterocycles. The second kappa shape index (κ2) is 3.29. The Bertz CT molecular complexity index is 286. The van der Waals surface area contributed by atoms with Crippen LogP contribution in [0, 0.1) is 11.5 Å². The molecule has 0 N–H and O–H groups in total. The minimum atomic E-state index is 0.638. The highest BCUT2D eigenvalue weighted by atomic mass is 16.3. The van der Waals surface area contributed by atoms with Crippen molar-refractivity contribution in [3.05, 3.63) is 24.2 Å². The molecule has 0 saturated heterocycles. The van der Waals surface area contributed by atoms with E-state index in [1.807, 2.05) is 0 Å². The zero-order valence-electron chi connectivity index (χ0n) is 5.11. The van der Waals surface area contributed by atoms with Crippen LogP contribution in [0.1, 0.15) is 5.76 Å². The Balaban J connectivity index is 2.75. The molecule has 0 unspecified atom stereocenters. The summed E-state index contributed by atoms with van der Waals surface area (Å²) < 4.78 is 4.89. The maximum Gasteiger partial charge on any atom is 0.214 e. The van der Waals surface area contributed by atoms with Gasteiger partial charge in [-0.3, -0.25) is 0 Å². The topological polar surface area (TPSA) is 49.3 Å². The van der Waals surface area contributed by atoms with E-state index in [0.717, 1.165) is 0 Å². The van der Waals surface area contributed by atoms with Gasteiger partial charge in [-0.2, -0.15) is 5.26 Å². The van der Waals surface area contributed by atoms with Crippen molar-refractivity contribution in [2.75, 3.05) is 0 Å². The number of hydrogen-bond donors (Lipinski definition) is 0. The van der Waals surface area contributed by atoms with E-state index < -0.39 is 0 Å². The van der Waals surface area contributed by atoms with Crippen LogP contribution in [0.5, 0.6) is 0 Å². The minimum absolute atomic E-state index is 0.638. The normalized spacial score (nSPS) is 7.50. The first-order chi connectivity index (χ1) is 4.93. The Morgan fingerprint density at radius 1 is 1.70 bits per heavy atom. The fourth-order valence-electron chi connectivity index (χ4n) is 0.498. The van der Waals surface area contributed by atoms with E-state index in [0.29, 0.717) is 5.76 Å². The zero-order chi connectivity index (χ0) is 7.23. The molecule has 0 atom stereocenters. The summed E-state index contributed by atoms with van der Waals surface area (Å²) in [4.78, 5) is 3.19. The summed E-state index contributed by atoms with van der Waals surface area (Å²) >= 11 is 0. The van der Waals surface area contributed by atoms with Crippen LogP contribution in [-0.4, -0.2) is 5.87 Å². The van der Waals surface area contributed by atoms with Crippen LogP contribution in [0.2, 0.25) is 0 Å². The van der Waals surface area contributed by atoms with Gasteiger partial charge in [-0.05, 0) is 12.1 Å². The number of nitrogens with zero attached hydrogens (tertiary/aromatic N) is 2. The molecule has 0 bridgehead atoms. The first-order valence-corrected chi connectivity index (χ1v) is 2.64. The van der Waals surface area contributed by atoms with Gasteiger partial charge < -0.3 is 4.42 Å². The lowest BCUT2D eigenvalue weighted by molar-refractivity contribution is 0.557. The monoisotopic (exact) mass is 132 g/mol. The van der Waals surface area contributed by atoms with Crippen LogP contribution < -0.4 is 0 Å². The molecule has 0 aliphatic heterocycles. The van der Waals surface area contributed by atoms with Gasteiger partial charge in [-0.25, -0.2) is 0 Å². The van der Waals surface area contributed by atoms with Crippen molar-refractivity contribution in [3.63, 3.8) is 0 Å². The molecule has 0 radical (unpaired) electrons. The Kier molecular flexibility index (Phi) is 2.08. The summed E-state index contributed by atoms with van der Waals surface area (Å²) in [5.41, 5.74) is 0. The number of aliphatic imine (C=N–C) groups is 1. The van der Waals surface area contributed by atoms with Gasteiger partial charge >= 0.3 is 0 Å². The van der Waals surface area contributed by atoms with Crippen LogP contribution >= 0.6 is 0 Å². The van der Waals surface area contributed by atoms with Crippen molar-refractivity contribution in [1.82, 2.24) is 0 Å². The molecular weight excluding hydrogens is 128 g/mol. The van der Waals surface area contributed by atoms with Gasteiger partial charge in [-0.15, -0.1) is 4.99 Å². The molecule has 0 aliphatic carbocycles. The van der Waals surface area contributed by atoms with Gasteiger partial charge in [0.2, 0.25) is 6.19 Å². The number of nitriles is 1. The maximum absolute atomic E-state index is 7.97. The van der Waals surface area contributed by atoms with Gasteiger partial charge in [-0.1, -0.05) is 0 Å². The SMILES string of the molecule is N#CN=C=Cc1ccco1. The Morgan fingerprint density at radius 3 is 3.20 bits per heavy atom. The summed E-state index contributed by atoms with van der Waals surface area (Å²) in [5, 5.41) is 7.97. The molecule has 0 amide bonds. The smallest absolute Gasteiger partial charge is 0.214 e. The van der Waals surface area contributed by atoms with Crippen molar-refractivity contribution in [2.24, 2.45) is 4.99 Å². The van der Waals surface area contributed by atoms with Crippen LogP contribution in [0.15, 0.2) is 27.8 Å². The van der Waals surface area contributed by atoms with Crippen LogP contribution in [0.3, 0.4) is 0 Å². The highest BCUT2D eigenvalue weighted by Crippen LogP contribution is 1.98. The van der Waals surface area contributed by atoms with Gasteiger partial charge in [0.05, 0.1) is 6.26 Å². The van der Waals surface area contributed by atoms with Gasteiger partial charge in [0.15, 0.2) is 0 Å². The van der Waals surface area contributed by atoms with Crippen molar-refractivity contribution in [1.29, 1.82) is 5.26 Å². The van der Waals surface area contributed by atoms with Crippen molar-refractivity contribution in [2.45, 2.75) is 0 Å². The Labute approximate surface area is 57.9 Å². The quantitative estimate of drug-likeness (QED) is 0.428. The fourth-order valence-corrected chi connectivity index (χ4v) is 0.498. The average molecular weight is 132 g/mol. The summed E-state index contributed by atoms with van der Waals surface area (Å²) in [6.45, 7) is 0. The van der Waals surface area contributed by atoms with Crippen LogP contribution in [0.4, 0.5) is 0 Å². The van der Waals surface area contributed by atoms with E-state index in [2.05, 4.69) is 10.9 Å². The predicted molar refractivity (Wildman–Crippen MR) is 36.2 cm³/mol. The molecule has 3 nitrogen and oxygen atoms in total. The van der Waals surface area contributed by atoms with E-state index in [9.17, 15) is 0 Å². The number of hydrogen-bond acceptors (Lipinski definition) is 3. The lowest BCUT2D eigenvalue weighted by Gasteiger charge is -1.73. The van der Waals surface area contributed by atoms with Crippen LogP contribution in [0.25, 0.3) is 6.08 Å². The molecule has 10 heavy (non-hydrogen) atoms. The zero-order valence-corrected chi connectivity index (χ0v) is 5.11. The Hall–Kier alpha value is -1.78. The Morgan fingerprint density at radius 2 is 2.60 bits per heavy atom. The lowest BCUT2D eigenvalue weighted by Crippen LogP contribution is -1.58. The van der Waals surface area contributed by atoms with Crippen LogP contribution in [-0.2, 0) is 0 Å². The third kappa shape index (κ3) is 1.62. The third-order valence-electron chi connectivity index (χ3n) is 0.865. The van der Waals surface area contributed by atoms with Crippen molar-refractivity contribution >= 4 is 11.9 Å². The minimum Gasteiger partial charge on any atom is -0.464 e. The van der Waals surface area contributed by atoms with Gasteiger partial charge in [0.1, 0.15) is 5.76 Å². The second-order valence-corrected chi connectivity index (χ2v) is 1.50. The molecule has 1 rings (SSSR count). The number of furan rings is 1. The summed E-state index contributed by atoms with van der Waals surface area (Å²) in [5.74, 6) is 3.02. The molecule has 0 fully saturated rings. The molecule has 3 heteroatoms. The molecular formula is C7H4N2O. The van der Waals surface area contributed by atoms with Crippen molar-refractivity contribution in [3.8, 4) is 6.19 Å². The fraction of sp³-hybridized carbons (Fsp3) is 0. The van der Waals surface area contributed by atoms with E-state index >= 15 is 0 Å². The van der Waals surface area contributed by atoms with E-state index in [1.54, 1.807) is 24.6 Å². The van der Waals surface area contributed by atoms with E-state index in [1.165, 1.54) is 6.08 Å². The highest BCUT2D eigenvalue weighted by molar-refractivity contribution is 5.76. The first-order valence-electron chi connectivity index (χ1n) is 2.64. The third-order valence-corrected chi connectivity index (χ3v) is 0.865. The molecule has 0 spiro atoms. The first kappa shape index (κ1) is 6.34. The van der Waals surface area contributed by atoms with E-state index in [-0.39, 0.29) is 0 Å². The predicted octanol–water partition coefficient (Wildman–Crippen LogP) is 1.44. The lowest BCUT2D eigenvalue weighted by atomic mass is 10.4. The standard InChI is InChI=1S/C7H4N2O/c8-6-9-4-3-7-2-1-5-10-7/h1-3,5H. The molecule has 1 aromatic rings. The van der Waals surface area contributed by atoms with Gasteiger partial charge in [0.25, 0.3) is 0 Å². The summed E-state index contributed by atoms with van der Waals surface area (Å²) in [6.07, 6.45) is 4.60. The van der Waals surface area contributed by atoms with Crippen molar-refractivity contribution < 1.29 is 4.42 Å². The number of rotatable bonds is 1. The van der Waals surface area contributed by atoms with Gasteiger partial charge in [0, 0.05) is 11.9 Å². The van der Waals surface area contributed by atoms with E-state index in [4.69, 9.17) is 9.68 Å². The molecule has 0 aromatic carbocycles. The summed E-state index contributed by atoms with van der Waals surface area (Å²) in [7, 11) is 0. The molecule has 0 aliphatic rings. The molecule has 0 saturated carbocycles. The summed E-state index contributed by atoms with van der Waals surface area (Å²) in [6, 6.07) is 3.50. The second-order valence-electron chi connectivity index (χ2n) is 1.50. The maximum atomic E-state index is 7.97. The molecule has 1 aromatic heterocycles.